The molecule has 1 N–H and O–H groups in total. The average molecular weight is 204 g/mol. The van der Waals surface area contributed by atoms with E-state index < -0.39 is 0 Å². The van der Waals surface area contributed by atoms with Gasteiger partial charge in [-0.25, -0.2) is 0 Å². The lowest BCUT2D eigenvalue weighted by molar-refractivity contribution is 0.112. The summed E-state index contributed by atoms with van der Waals surface area (Å²) < 4.78 is 1.84. The summed E-state index contributed by atoms with van der Waals surface area (Å²) in [5, 5.41) is 10.8. The largest absolute Gasteiger partial charge is 0.298 e. The van der Waals surface area contributed by atoms with E-state index >= 15 is 0 Å². The molecule has 5 heteroatoms. The normalized spacial score (nSPS) is 10.9. The van der Waals surface area contributed by atoms with Crippen molar-refractivity contribution in [3.05, 3.63) is 24.2 Å². The number of carbonyl (C=O) groups is 1. The van der Waals surface area contributed by atoms with Crippen molar-refractivity contribution in [3.63, 3.8) is 0 Å². The summed E-state index contributed by atoms with van der Waals surface area (Å²) in [6.45, 7) is 4.09. The quantitative estimate of drug-likeness (QED) is 0.773. The molecule has 78 valence electrons. The molecule has 0 fully saturated rings. The maximum Gasteiger partial charge on any atom is 0.153 e. The highest BCUT2D eigenvalue weighted by atomic mass is 16.1. The Labute approximate surface area is 87.1 Å². The average Bonchev–Trinajstić information content (AvgIpc) is 2.85. The number of hydrogen-bond donors (Lipinski definition) is 1. The summed E-state index contributed by atoms with van der Waals surface area (Å²) in [6, 6.07) is 0.307. The first-order valence-electron chi connectivity index (χ1n) is 4.75. The third-order valence-corrected chi connectivity index (χ3v) is 2.21. The Morgan fingerprint density at radius 2 is 2.27 bits per heavy atom. The molecule has 0 saturated carbocycles. The molecule has 0 aliphatic heterocycles. The van der Waals surface area contributed by atoms with Crippen LogP contribution in [0.5, 0.6) is 0 Å². The molecular formula is C10H12N4O. The van der Waals surface area contributed by atoms with E-state index in [1.165, 1.54) is 6.20 Å². The van der Waals surface area contributed by atoms with Crippen LogP contribution in [0.2, 0.25) is 0 Å². The predicted molar refractivity (Wildman–Crippen MR) is 55.6 cm³/mol. The number of aldehydes is 1. The minimum Gasteiger partial charge on any atom is -0.298 e. The molecule has 0 radical (unpaired) electrons. The fourth-order valence-electron chi connectivity index (χ4n) is 1.37. The summed E-state index contributed by atoms with van der Waals surface area (Å²) in [5.41, 5.74) is 2.15. The van der Waals surface area contributed by atoms with Crippen molar-refractivity contribution in [1.29, 1.82) is 0 Å². The molecule has 0 atom stereocenters. The van der Waals surface area contributed by atoms with Gasteiger partial charge in [-0.1, -0.05) is 0 Å². The first-order valence-corrected chi connectivity index (χ1v) is 4.75. The van der Waals surface area contributed by atoms with Crippen LogP contribution in [0.15, 0.2) is 18.6 Å². The molecule has 0 aliphatic carbocycles. The zero-order valence-corrected chi connectivity index (χ0v) is 8.64. The summed E-state index contributed by atoms with van der Waals surface area (Å²) in [7, 11) is 0. The fourth-order valence-corrected chi connectivity index (χ4v) is 1.37. The van der Waals surface area contributed by atoms with Crippen LogP contribution < -0.4 is 0 Å². The van der Waals surface area contributed by atoms with Crippen LogP contribution in [0.4, 0.5) is 0 Å². The van der Waals surface area contributed by atoms with Crippen molar-refractivity contribution in [2.75, 3.05) is 0 Å². The number of hydrogen-bond acceptors (Lipinski definition) is 3. The Morgan fingerprint density at radius 3 is 2.87 bits per heavy atom. The molecule has 0 bridgehead atoms. The van der Waals surface area contributed by atoms with E-state index in [2.05, 4.69) is 15.3 Å². The van der Waals surface area contributed by atoms with Gasteiger partial charge >= 0.3 is 0 Å². The maximum atomic E-state index is 10.7. The van der Waals surface area contributed by atoms with Gasteiger partial charge in [0.15, 0.2) is 6.29 Å². The van der Waals surface area contributed by atoms with E-state index in [4.69, 9.17) is 0 Å². The van der Waals surface area contributed by atoms with Crippen LogP contribution in [0.1, 0.15) is 30.2 Å². The first kappa shape index (κ1) is 9.64. The number of H-pyrrole nitrogens is 1. The second-order valence-corrected chi connectivity index (χ2v) is 3.62. The van der Waals surface area contributed by atoms with Crippen LogP contribution in [0, 0.1) is 0 Å². The fraction of sp³-hybridized carbons (Fsp3) is 0.300. The first-order chi connectivity index (χ1) is 7.22. The van der Waals surface area contributed by atoms with E-state index in [1.807, 2.05) is 24.7 Å². The predicted octanol–water partition coefficient (Wildman–Crippen LogP) is 1.67. The highest BCUT2D eigenvalue weighted by Gasteiger charge is 2.09. The molecule has 2 rings (SSSR count). The van der Waals surface area contributed by atoms with Gasteiger partial charge in [0.05, 0.1) is 23.7 Å². The highest BCUT2D eigenvalue weighted by Crippen LogP contribution is 2.20. The van der Waals surface area contributed by atoms with Crippen molar-refractivity contribution in [3.8, 4) is 11.3 Å². The monoisotopic (exact) mass is 204 g/mol. The Morgan fingerprint density at radius 1 is 1.47 bits per heavy atom. The standard InChI is InChI=1S/C10H12N4O/c1-7(2)14-5-8(4-12-14)10-9(6-15)3-11-13-10/h3-7H,1-2H3,(H,11,13). The number of nitrogens with one attached hydrogen (secondary N) is 1. The topological polar surface area (TPSA) is 63.6 Å². The number of nitrogens with zero attached hydrogens (tertiary/aromatic N) is 3. The lowest BCUT2D eigenvalue weighted by Gasteiger charge is -2.02. The molecule has 15 heavy (non-hydrogen) atoms. The molecule has 0 unspecified atom stereocenters. The number of rotatable bonds is 3. The number of aromatic amines is 1. The third-order valence-electron chi connectivity index (χ3n) is 2.21. The zero-order valence-electron chi connectivity index (χ0n) is 8.64. The van der Waals surface area contributed by atoms with Gasteiger partial charge in [-0.15, -0.1) is 0 Å². The lowest BCUT2D eigenvalue weighted by atomic mass is 10.2. The molecule has 2 aromatic heterocycles. The summed E-state index contributed by atoms with van der Waals surface area (Å²) in [6.07, 6.45) is 5.91. The van der Waals surface area contributed by atoms with Crippen molar-refractivity contribution >= 4 is 6.29 Å². The lowest BCUT2D eigenvalue weighted by Crippen LogP contribution is -1.99. The molecule has 2 heterocycles. The summed E-state index contributed by atoms with van der Waals surface area (Å²) in [5.74, 6) is 0. The van der Waals surface area contributed by atoms with Gasteiger partial charge in [0.1, 0.15) is 0 Å². The van der Waals surface area contributed by atoms with Crippen LogP contribution in [-0.2, 0) is 0 Å². The Hall–Kier alpha value is -1.91. The van der Waals surface area contributed by atoms with Gasteiger partial charge in [-0.3, -0.25) is 14.6 Å². The second-order valence-electron chi connectivity index (χ2n) is 3.62. The molecule has 0 amide bonds. The van der Waals surface area contributed by atoms with E-state index in [9.17, 15) is 4.79 Å². The Balaban J connectivity index is 2.41. The van der Waals surface area contributed by atoms with E-state index in [0.717, 1.165) is 17.5 Å². The Bertz CT molecular complexity index is 469. The molecule has 0 aliphatic rings. The van der Waals surface area contributed by atoms with Crippen molar-refractivity contribution in [2.24, 2.45) is 0 Å². The van der Waals surface area contributed by atoms with Crippen LogP contribution in [0.3, 0.4) is 0 Å². The van der Waals surface area contributed by atoms with Gasteiger partial charge in [-0.05, 0) is 13.8 Å². The highest BCUT2D eigenvalue weighted by molar-refractivity contribution is 5.84. The number of carbonyl (C=O) groups excluding carboxylic acids is 1. The van der Waals surface area contributed by atoms with Gasteiger partial charge in [0.25, 0.3) is 0 Å². The molecule has 0 saturated heterocycles. The number of aromatic nitrogens is 4. The minimum atomic E-state index is 0.307. The van der Waals surface area contributed by atoms with E-state index in [0.29, 0.717) is 11.6 Å². The van der Waals surface area contributed by atoms with Crippen LogP contribution in [0.25, 0.3) is 11.3 Å². The van der Waals surface area contributed by atoms with Gasteiger partial charge in [-0.2, -0.15) is 10.2 Å². The summed E-state index contributed by atoms with van der Waals surface area (Å²) in [4.78, 5) is 10.7. The second kappa shape index (κ2) is 3.68. The Kier molecular flexibility index (Phi) is 2.37. The van der Waals surface area contributed by atoms with Crippen LogP contribution in [-0.4, -0.2) is 26.3 Å². The van der Waals surface area contributed by atoms with Gasteiger partial charge in [0.2, 0.25) is 0 Å². The van der Waals surface area contributed by atoms with E-state index in [-0.39, 0.29) is 0 Å². The summed E-state index contributed by atoms with van der Waals surface area (Å²) >= 11 is 0. The minimum absolute atomic E-state index is 0.307. The smallest absolute Gasteiger partial charge is 0.153 e. The molecule has 0 aromatic carbocycles. The van der Waals surface area contributed by atoms with Crippen molar-refractivity contribution < 1.29 is 4.79 Å². The molecule has 2 aromatic rings. The SMILES string of the molecule is CC(C)n1cc(-c2[nH]ncc2C=O)cn1. The van der Waals surface area contributed by atoms with Crippen molar-refractivity contribution in [2.45, 2.75) is 19.9 Å². The molecular weight excluding hydrogens is 192 g/mol. The zero-order chi connectivity index (χ0) is 10.8. The molecule has 0 spiro atoms. The van der Waals surface area contributed by atoms with Gasteiger partial charge < -0.3 is 0 Å². The van der Waals surface area contributed by atoms with Crippen LogP contribution >= 0.6 is 0 Å². The maximum absolute atomic E-state index is 10.7. The van der Waals surface area contributed by atoms with Crippen molar-refractivity contribution in [1.82, 2.24) is 20.0 Å². The van der Waals surface area contributed by atoms with Gasteiger partial charge in [0, 0.05) is 17.8 Å². The molecule has 5 nitrogen and oxygen atoms in total. The third kappa shape index (κ3) is 1.68. The van der Waals surface area contributed by atoms with E-state index in [1.54, 1.807) is 6.20 Å².